The van der Waals surface area contributed by atoms with Crippen molar-refractivity contribution in [3.63, 3.8) is 0 Å². The van der Waals surface area contributed by atoms with Crippen molar-refractivity contribution in [2.45, 2.75) is 5.92 Å². The third-order valence-electron chi connectivity index (χ3n) is 2.48. The molecule has 0 aliphatic carbocycles. The van der Waals surface area contributed by atoms with Crippen LogP contribution in [0.15, 0.2) is 28.1 Å². The summed E-state index contributed by atoms with van der Waals surface area (Å²) in [6.45, 7) is 0. The number of carbonyl (C=O) groups excluding carboxylic acids is 1. The van der Waals surface area contributed by atoms with Crippen LogP contribution in [-0.4, -0.2) is 32.4 Å². The second-order valence-electron chi connectivity index (χ2n) is 3.39. The molecule has 0 saturated carbocycles. The molecule has 6 heteroatoms. The average Bonchev–Trinajstić information content (AvgIpc) is 2.81. The number of amides is 1. The van der Waals surface area contributed by atoms with Crippen LogP contribution in [0.25, 0.3) is 0 Å². The number of carbonyl (C=O) groups is 1. The molecule has 2 atom stereocenters. The minimum atomic E-state index is -0.862. The standard InChI is InChI=1S/C11H6N3OSSe/c12-4-6-9(8-2-1-3-16-8)7(5-13)11(17)14-10(6)15/h1-3,6,9,13H. The van der Waals surface area contributed by atoms with E-state index in [0.29, 0.717) is 10.2 Å². The molecule has 83 valence electrons. The van der Waals surface area contributed by atoms with E-state index in [1.807, 2.05) is 23.6 Å². The zero-order valence-corrected chi connectivity index (χ0v) is 11.0. The summed E-state index contributed by atoms with van der Waals surface area (Å²) in [7, 11) is 0. The first-order valence-corrected chi connectivity index (χ1v) is 6.45. The molecular formula is C11H6N3OSSe. The van der Waals surface area contributed by atoms with Crippen LogP contribution in [0.5, 0.6) is 0 Å². The third-order valence-corrected chi connectivity index (χ3v) is 4.08. The summed E-state index contributed by atoms with van der Waals surface area (Å²) in [6, 6.07) is 5.67. The van der Waals surface area contributed by atoms with E-state index < -0.39 is 17.7 Å². The van der Waals surface area contributed by atoms with Crippen LogP contribution in [-0.2, 0) is 4.79 Å². The van der Waals surface area contributed by atoms with Crippen molar-refractivity contribution in [3.8, 4) is 6.07 Å². The van der Waals surface area contributed by atoms with Gasteiger partial charge < -0.3 is 0 Å². The van der Waals surface area contributed by atoms with Crippen molar-refractivity contribution >= 4 is 43.7 Å². The van der Waals surface area contributed by atoms with Gasteiger partial charge in [0.25, 0.3) is 0 Å². The van der Waals surface area contributed by atoms with E-state index in [1.54, 1.807) is 0 Å². The van der Waals surface area contributed by atoms with Crippen LogP contribution in [0.4, 0.5) is 0 Å². The molecule has 4 nitrogen and oxygen atoms in total. The van der Waals surface area contributed by atoms with Crippen molar-refractivity contribution in [3.05, 3.63) is 28.0 Å². The van der Waals surface area contributed by atoms with Gasteiger partial charge in [0.2, 0.25) is 0 Å². The molecule has 0 bridgehead atoms. The number of rotatable bonds is 1. The third kappa shape index (κ3) is 2.02. The Morgan fingerprint density at radius 1 is 1.59 bits per heavy atom. The van der Waals surface area contributed by atoms with Crippen LogP contribution in [0.3, 0.4) is 0 Å². The molecule has 0 saturated heterocycles. The number of hydrogen-bond acceptors (Lipinski definition) is 4. The summed E-state index contributed by atoms with van der Waals surface area (Å²) in [5.41, 5.74) is 0.471. The van der Waals surface area contributed by atoms with Gasteiger partial charge in [-0.15, -0.1) is 0 Å². The van der Waals surface area contributed by atoms with Crippen molar-refractivity contribution in [1.82, 2.24) is 0 Å². The van der Waals surface area contributed by atoms with Gasteiger partial charge in [-0.05, 0) is 0 Å². The topological polar surface area (TPSA) is 77.1 Å². The SMILES string of the molecule is N#CC1C(=O)N=C([Se])C(=C=N)C1c1cccs1. The first-order chi connectivity index (χ1) is 8.19. The van der Waals surface area contributed by atoms with Gasteiger partial charge in [0, 0.05) is 0 Å². The second-order valence-corrected chi connectivity index (χ2v) is 5.18. The Morgan fingerprint density at radius 3 is 2.88 bits per heavy atom. The Morgan fingerprint density at radius 2 is 2.35 bits per heavy atom. The van der Waals surface area contributed by atoms with Crippen molar-refractivity contribution in [2.24, 2.45) is 10.9 Å². The van der Waals surface area contributed by atoms with E-state index in [1.165, 1.54) is 11.3 Å². The van der Waals surface area contributed by atoms with Crippen molar-refractivity contribution in [1.29, 1.82) is 10.7 Å². The molecule has 1 radical (unpaired) electrons. The predicted octanol–water partition coefficient (Wildman–Crippen LogP) is 1.25. The maximum absolute atomic E-state index is 11.7. The van der Waals surface area contributed by atoms with Crippen molar-refractivity contribution in [2.75, 3.05) is 0 Å². The quantitative estimate of drug-likeness (QED) is 0.626. The van der Waals surface area contributed by atoms with Crippen LogP contribution >= 0.6 is 11.3 Å². The fourth-order valence-corrected chi connectivity index (χ4v) is 3.14. The Labute approximate surface area is 110 Å². The van der Waals surface area contributed by atoms with E-state index in [9.17, 15) is 4.79 Å². The maximum atomic E-state index is 11.7. The number of hydrogen-bond donors (Lipinski definition) is 1. The zero-order chi connectivity index (χ0) is 12.4. The summed E-state index contributed by atoms with van der Waals surface area (Å²) in [5, 5.41) is 18.2. The predicted molar refractivity (Wildman–Crippen MR) is 65.6 cm³/mol. The van der Waals surface area contributed by atoms with E-state index in [4.69, 9.17) is 10.7 Å². The van der Waals surface area contributed by atoms with Crippen LogP contribution in [0.2, 0.25) is 0 Å². The first kappa shape index (κ1) is 12.0. The molecule has 0 fully saturated rings. The Balaban J connectivity index is 2.60. The van der Waals surface area contributed by atoms with E-state index in [-0.39, 0.29) is 0 Å². The summed E-state index contributed by atoms with van der Waals surface area (Å²) in [5.74, 6) is 0.531. The molecule has 17 heavy (non-hydrogen) atoms. The number of thiophene rings is 1. The Kier molecular flexibility index (Phi) is 3.37. The number of nitriles is 1. The summed E-state index contributed by atoms with van der Waals surface area (Å²) >= 11 is 4.11. The first-order valence-electron chi connectivity index (χ1n) is 4.71. The second kappa shape index (κ2) is 4.78. The number of allylic oxidation sites excluding steroid dienone is 1. The van der Waals surface area contributed by atoms with Crippen LogP contribution in [0.1, 0.15) is 10.8 Å². The molecule has 1 aromatic heterocycles. The molecular weight excluding hydrogens is 301 g/mol. The normalized spacial score (nSPS) is 23.8. The fraction of sp³-hybridized carbons (Fsp3) is 0.182. The fourth-order valence-electron chi connectivity index (χ4n) is 1.71. The molecule has 2 unspecified atom stereocenters. The van der Waals surface area contributed by atoms with Gasteiger partial charge in [-0.1, -0.05) is 0 Å². The molecule has 1 aliphatic heterocycles. The molecule has 2 heterocycles. The van der Waals surface area contributed by atoms with Crippen molar-refractivity contribution < 1.29 is 4.79 Å². The zero-order valence-electron chi connectivity index (χ0n) is 8.51. The van der Waals surface area contributed by atoms with Gasteiger partial charge in [0.1, 0.15) is 0 Å². The van der Waals surface area contributed by atoms with E-state index in [2.05, 4.69) is 26.9 Å². The van der Waals surface area contributed by atoms with Gasteiger partial charge in [-0.25, -0.2) is 0 Å². The molecule has 1 N–H and O–H groups in total. The number of nitrogens with zero attached hydrogens (tertiary/aromatic N) is 2. The number of aliphatic imine (C=N–C) groups is 1. The Hall–Kier alpha value is -1.50. The van der Waals surface area contributed by atoms with Gasteiger partial charge in [-0.3, -0.25) is 0 Å². The van der Waals surface area contributed by atoms with Gasteiger partial charge in [0.15, 0.2) is 0 Å². The summed E-state index contributed by atoms with van der Waals surface area (Å²) in [6.07, 6.45) is 0. The van der Waals surface area contributed by atoms with Crippen LogP contribution < -0.4 is 0 Å². The molecule has 2 rings (SSSR count). The molecule has 1 aliphatic rings. The van der Waals surface area contributed by atoms with E-state index in [0.717, 1.165) is 4.88 Å². The Bertz CT molecular complexity index is 578. The summed E-state index contributed by atoms with van der Waals surface area (Å²) in [4.78, 5) is 16.3. The number of nitrogens with one attached hydrogen (secondary N) is 1. The average molecular weight is 307 g/mol. The molecule has 0 aromatic carbocycles. The molecule has 0 spiro atoms. The summed E-state index contributed by atoms with van der Waals surface area (Å²) < 4.78 is 0.356. The monoisotopic (exact) mass is 308 g/mol. The van der Waals surface area contributed by atoms with Gasteiger partial charge in [-0.2, -0.15) is 0 Å². The minimum absolute atomic E-state index is 0.356. The van der Waals surface area contributed by atoms with Crippen LogP contribution in [0, 0.1) is 22.7 Å². The van der Waals surface area contributed by atoms with Gasteiger partial charge in [0.05, 0.1) is 0 Å². The molecule has 1 aromatic rings. The van der Waals surface area contributed by atoms with E-state index >= 15 is 0 Å². The molecule has 1 amide bonds. The van der Waals surface area contributed by atoms with Gasteiger partial charge >= 0.3 is 110 Å².